The summed E-state index contributed by atoms with van der Waals surface area (Å²) < 4.78 is 0. The lowest BCUT2D eigenvalue weighted by molar-refractivity contribution is -0.116. The maximum absolute atomic E-state index is 11.3. The van der Waals surface area contributed by atoms with Crippen LogP contribution in [0, 0.1) is 6.92 Å². The first-order valence-corrected chi connectivity index (χ1v) is 5.90. The van der Waals surface area contributed by atoms with Gasteiger partial charge in [-0.1, -0.05) is 25.5 Å². The molecule has 0 aromatic heterocycles. The van der Waals surface area contributed by atoms with Gasteiger partial charge in [-0.25, -0.2) is 0 Å². The number of amides is 1. The van der Waals surface area contributed by atoms with Crippen LogP contribution in [-0.2, 0) is 11.2 Å². The Morgan fingerprint density at radius 2 is 2.06 bits per heavy atom. The maximum atomic E-state index is 11.3. The molecule has 0 aliphatic rings. The Bertz CT molecular complexity index is 371. The van der Waals surface area contributed by atoms with Crippen LogP contribution in [0.25, 0.3) is 0 Å². The zero-order valence-corrected chi connectivity index (χ0v) is 10.7. The van der Waals surface area contributed by atoms with Crippen LogP contribution in [-0.4, -0.2) is 13.0 Å². The molecule has 0 unspecified atom stereocenters. The largest absolute Gasteiger partial charge is 0.315 e. The summed E-state index contributed by atoms with van der Waals surface area (Å²) in [6.07, 6.45) is 3.57. The second-order valence-electron chi connectivity index (χ2n) is 4.30. The summed E-state index contributed by atoms with van der Waals surface area (Å²) in [5, 5.41) is 0. The Balaban J connectivity index is 2.87. The van der Waals surface area contributed by atoms with Crippen molar-refractivity contribution in [1.29, 1.82) is 0 Å². The van der Waals surface area contributed by atoms with Crippen molar-refractivity contribution in [3.8, 4) is 0 Å². The number of anilines is 1. The molecule has 0 bridgehead atoms. The lowest BCUT2D eigenvalue weighted by atomic mass is 10.0. The van der Waals surface area contributed by atoms with Gasteiger partial charge in [0.05, 0.1) is 0 Å². The summed E-state index contributed by atoms with van der Waals surface area (Å²) in [5.41, 5.74) is 3.54. The summed E-state index contributed by atoms with van der Waals surface area (Å²) in [7, 11) is 1.82. The standard InChI is InChI=1S/C14H21NO/c1-5-6-7-13-8-9-14(11(2)10-13)15(4)12(3)16/h8-10H,5-7H2,1-4H3. The Kier molecular flexibility index (Phi) is 4.53. The predicted molar refractivity (Wildman–Crippen MR) is 68.9 cm³/mol. The van der Waals surface area contributed by atoms with Crippen LogP contribution in [0.3, 0.4) is 0 Å². The van der Waals surface area contributed by atoms with Gasteiger partial charge in [0.2, 0.25) is 5.91 Å². The van der Waals surface area contributed by atoms with E-state index in [1.807, 2.05) is 13.1 Å². The van der Waals surface area contributed by atoms with Crippen molar-refractivity contribution < 1.29 is 4.79 Å². The molecule has 2 nitrogen and oxygen atoms in total. The number of nitrogens with zero attached hydrogens (tertiary/aromatic N) is 1. The number of benzene rings is 1. The smallest absolute Gasteiger partial charge is 0.223 e. The molecule has 1 aromatic carbocycles. The van der Waals surface area contributed by atoms with E-state index in [4.69, 9.17) is 0 Å². The number of rotatable bonds is 4. The van der Waals surface area contributed by atoms with Crippen molar-refractivity contribution in [2.24, 2.45) is 0 Å². The molecule has 16 heavy (non-hydrogen) atoms. The molecule has 88 valence electrons. The number of hydrogen-bond donors (Lipinski definition) is 0. The molecule has 0 heterocycles. The van der Waals surface area contributed by atoms with Gasteiger partial charge < -0.3 is 4.90 Å². The highest BCUT2D eigenvalue weighted by molar-refractivity contribution is 5.91. The van der Waals surface area contributed by atoms with Crippen LogP contribution in [0.15, 0.2) is 18.2 Å². The predicted octanol–water partition coefficient (Wildman–Crippen LogP) is 3.32. The molecule has 0 spiro atoms. The van der Waals surface area contributed by atoms with E-state index in [-0.39, 0.29) is 5.91 Å². The van der Waals surface area contributed by atoms with Gasteiger partial charge in [-0.15, -0.1) is 0 Å². The van der Waals surface area contributed by atoms with Crippen molar-refractivity contribution in [1.82, 2.24) is 0 Å². The second kappa shape index (κ2) is 5.69. The highest BCUT2D eigenvalue weighted by Crippen LogP contribution is 2.21. The molecule has 0 N–H and O–H groups in total. The summed E-state index contributed by atoms with van der Waals surface area (Å²) in [6, 6.07) is 6.35. The van der Waals surface area contributed by atoms with Gasteiger partial charge in [0, 0.05) is 19.7 Å². The number of carbonyl (C=O) groups is 1. The number of hydrogen-bond acceptors (Lipinski definition) is 1. The van der Waals surface area contributed by atoms with E-state index in [1.54, 1.807) is 11.8 Å². The van der Waals surface area contributed by atoms with Gasteiger partial charge in [0.25, 0.3) is 0 Å². The Hall–Kier alpha value is -1.31. The lowest BCUT2D eigenvalue weighted by Gasteiger charge is -2.18. The first-order chi connectivity index (χ1) is 7.56. The molecule has 1 aromatic rings. The Morgan fingerprint density at radius 3 is 2.56 bits per heavy atom. The lowest BCUT2D eigenvalue weighted by Crippen LogP contribution is -2.23. The van der Waals surface area contributed by atoms with Crippen LogP contribution in [0.2, 0.25) is 0 Å². The monoisotopic (exact) mass is 219 g/mol. The molecule has 2 heteroatoms. The van der Waals surface area contributed by atoms with E-state index in [0.717, 1.165) is 12.1 Å². The Morgan fingerprint density at radius 1 is 1.38 bits per heavy atom. The number of unbranched alkanes of at least 4 members (excludes halogenated alkanes) is 1. The van der Waals surface area contributed by atoms with Crippen molar-refractivity contribution >= 4 is 11.6 Å². The summed E-state index contributed by atoms with van der Waals surface area (Å²) in [6.45, 7) is 5.85. The molecule has 0 fully saturated rings. The van der Waals surface area contributed by atoms with Crippen molar-refractivity contribution in [3.63, 3.8) is 0 Å². The fraction of sp³-hybridized carbons (Fsp3) is 0.500. The summed E-state index contributed by atoms with van der Waals surface area (Å²) in [4.78, 5) is 13.0. The van der Waals surface area contributed by atoms with Gasteiger partial charge in [0.15, 0.2) is 0 Å². The van der Waals surface area contributed by atoms with Gasteiger partial charge in [-0.2, -0.15) is 0 Å². The average Bonchev–Trinajstić information content (AvgIpc) is 2.25. The minimum Gasteiger partial charge on any atom is -0.315 e. The van der Waals surface area contributed by atoms with Crippen LogP contribution in [0.5, 0.6) is 0 Å². The van der Waals surface area contributed by atoms with Crippen molar-refractivity contribution in [3.05, 3.63) is 29.3 Å². The summed E-state index contributed by atoms with van der Waals surface area (Å²) >= 11 is 0. The molecule has 0 aliphatic carbocycles. The molecule has 1 rings (SSSR count). The van der Waals surface area contributed by atoms with E-state index in [9.17, 15) is 4.79 Å². The topological polar surface area (TPSA) is 20.3 Å². The van der Waals surface area contributed by atoms with E-state index < -0.39 is 0 Å². The first kappa shape index (κ1) is 12.8. The second-order valence-corrected chi connectivity index (χ2v) is 4.30. The minimum absolute atomic E-state index is 0.0735. The number of carbonyl (C=O) groups excluding carboxylic acids is 1. The van der Waals surface area contributed by atoms with E-state index >= 15 is 0 Å². The molecular weight excluding hydrogens is 198 g/mol. The summed E-state index contributed by atoms with van der Waals surface area (Å²) in [5.74, 6) is 0.0735. The fourth-order valence-corrected chi connectivity index (χ4v) is 1.80. The first-order valence-electron chi connectivity index (χ1n) is 5.90. The van der Waals surface area contributed by atoms with E-state index in [0.29, 0.717) is 0 Å². The van der Waals surface area contributed by atoms with E-state index in [2.05, 4.69) is 26.0 Å². The number of aryl methyl sites for hydroxylation is 2. The van der Waals surface area contributed by atoms with Crippen LogP contribution in [0.1, 0.15) is 37.8 Å². The zero-order valence-electron chi connectivity index (χ0n) is 10.7. The normalized spacial score (nSPS) is 10.2. The van der Waals surface area contributed by atoms with Crippen molar-refractivity contribution in [2.75, 3.05) is 11.9 Å². The molecule has 0 aliphatic heterocycles. The van der Waals surface area contributed by atoms with E-state index in [1.165, 1.54) is 24.0 Å². The van der Waals surface area contributed by atoms with Gasteiger partial charge >= 0.3 is 0 Å². The molecule has 1 amide bonds. The van der Waals surface area contributed by atoms with Crippen LogP contribution >= 0.6 is 0 Å². The zero-order chi connectivity index (χ0) is 12.1. The van der Waals surface area contributed by atoms with Gasteiger partial charge in [-0.3, -0.25) is 4.79 Å². The third kappa shape index (κ3) is 3.09. The van der Waals surface area contributed by atoms with Gasteiger partial charge in [-0.05, 0) is 37.0 Å². The average molecular weight is 219 g/mol. The molecule has 0 radical (unpaired) electrons. The highest BCUT2D eigenvalue weighted by atomic mass is 16.2. The molecular formula is C14H21NO. The molecule has 0 saturated heterocycles. The SMILES string of the molecule is CCCCc1ccc(N(C)C(C)=O)c(C)c1. The van der Waals surface area contributed by atoms with Crippen LogP contribution < -0.4 is 4.90 Å². The fourth-order valence-electron chi connectivity index (χ4n) is 1.80. The quantitative estimate of drug-likeness (QED) is 0.760. The maximum Gasteiger partial charge on any atom is 0.223 e. The van der Waals surface area contributed by atoms with Gasteiger partial charge in [0.1, 0.15) is 0 Å². The third-order valence-electron chi connectivity index (χ3n) is 2.91. The molecule has 0 atom stereocenters. The highest BCUT2D eigenvalue weighted by Gasteiger charge is 2.08. The third-order valence-corrected chi connectivity index (χ3v) is 2.91. The minimum atomic E-state index is 0.0735. The van der Waals surface area contributed by atoms with Crippen molar-refractivity contribution in [2.45, 2.75) is 40.0 Å². The van der Waals surface area contributed by atoms with Crippen LogP contribution in [0.4, 0.5) is 5.69 Å². The molecule has 0 saturated carbocycles. The Labute approximate surface area is 98.3 Å².